The molecule has 0 aromatic rings. The largest absolute Gasteiger partial charge is 0.330 e. The molecule has 0 bridgehead atoms. The second kappa shape index (κ2) is 4.80. The Morgan fingerprint density at radius 3 is 2.75 bits per heavy atom. The highest BCUT2D eigenvalue weighted by Gasteiger charge is 2.24. The first-order valence-corrected chi connectivity index (χ1v) is 4.83. The summed E-state index contributed by atoms with van der Waals surface area (Å²) < 4.78 is 0. The van der Waals surface area contributed by atoms with Crippen LogP contribution in [0.5, 0.6) is 0 Å². The van der Waals surface area contributed by atoms with Gasteiger partial charge in [0.05, 0.1) is 0 Å². The molecule has 1 aliphatic rings. The number of likely N-dealkylation sites (N-methyl/N-ethyl adjacent to an activating group) is 2. The topological polar surface area (TPSA) is 32.5 Å². The van der Waals surface area contributed by atoms with Gasteiger partial charge in [0.1, 0.15) is 0 Å². The molecule has 0 aromatic heterocycles. The van der Waals surface area contributed by atoms with E-state index in [2.05, 4.69) is 23.9 Å². The molecule has 0 saturated carbocycles. The van der Waals surface area contributed by atoms with Crippen LogP contribution in [0, 0.1) is 0 Å². The van der Waals surface area contributed by atoms with E-state index in [1.165, 1.54) is 19.5 Å². The van der Waals surface area contributed by atoms with Gasteiger partial charge in [-0.3, -0.25) is 0 Å². The molecule has 0 radical (unpaired) electrons. The minimum atomic E-state index is 0.799. The molecule has 0 aliphatic carbocycles. The second-order valence-electron chi connectivity index (χ2n) is 3.83. The zero-order valence-corrected chi connectivity index (χ0v) is 8.29. The van der Waals surface area contributed by atoms with Crippen LogP contribution in [0.15, 0.2) is 0 Å². The third-order valence-corrected chi connectivity index (χ3v) is 2.70. The van der Waals surface area contributed by atoms with Gasteiger partial charge in [0.15, 0.2) is 0 Å². The highest BCUT2D eigenvalue weighted by atomic mass is 15.2. The van der Waals surface area contributed by atoms with E-state index >= 15 is 0 Å². The molecule has 0 spiro atoms. The van der Waals surface area contributed by atoms with Crippen LogP contribution in [0.1, 0.15) is 12.8 Å². The molecule has 1 unspecified atom stereocenters. The number of hydrogen-bond donors (Lipinski definition) is 1. The monoisotopic (exact) mass is 171 g/mol. The lowest BCUT2D eigenvalue weighted by atomic mass is 10.0. The van der Waals surface area contributed by atoms with Gasteiger partial charge in [0.25, 0.3) is 0 Å². The summed E-state index contributed by atoms with van der Waals surface area (Å²) in [4.78, 5) is 4.80. The SMILES string of the molecule is CN(CCCN)CC1CCN1C. The molecule has 1 rings (SSSR count). The van der Waals surface area contributed by atoms with E-state index in [0.717, 1.165) is 25.6 Å². The van der Waals surface area contributed by atoms with E-state index in [0.29, 0.717) is 0 Å². The van der Waals surface area contributed by atoms with Crippen LogP contribution in [-0.2, 0) is 0 Å². The van der Waals surface area contributed by atoms with Gasteiger partial charge in [0.2, 0.25) is 0 Å². The first-order valence-electron chi connectivity index (χ1n) is 4.83. The summed E-state index contributed by atoms with van der Waals surface area (Å²) >= 11 is 0. The maximum Gasteiger partial charge on any atom is 0.0232 e. The van der Waals surface area contributed by atoms with Crippen molar-refractivity contribution >= 4 is 0 Å². The van der Waals surface area contributed by atoms with Crippen LogP contribution in [0.25, 0.3) is 0 Å². The first-order chi connectivity index (χ1) is 5.74. The molecule has 12 heavy (non-hydrogen) atoms. The summed E-state index contributed by atoms with van der Waals surface area (Å²) in [5.41, 5.74) is 5.44. The number of rotatable bonds is 5. The maximum absolute atomic E-state index is 5.44. The normalized spacial score (nSPS) is 24.5. The molecule has 72 valence electrons. The van der Waals surface area contributed by atoms with Crippen molar-refractivity contribution in [1.29, 1.82) is 0 Å². The quantitative estimate of drug-likeness (QED) is 0.630. The van der Waals surface area contributed by atoms with Crippen molar-refractivity contribution in [3.8, 4) is 0 Å². The van der Waals surface area contributed by atoms with Crippen molar-refractivity contribution in [3.05, 3.63) is 0 Å². The van der Waals surface area contributed by atoms with Crippen LogP contribution in [-0.4, -0.2) is 56.1 Å². The van der Waals surface area contributed by atoms with Gasteiger partial charge in [-0.05, 0) is 46.6 Å². The molecule has 1 aliphatic heterocycles. The fourth-order valence-corrected chi connectivity index (χ4v) is 1.61. The summed E-state index contributed by atoms with van der Waals surface area (Å²) in [6.45, 7) is 4.43. The minimum Gasteiger partial charge on any atom is -0.330 e. The van der Waals surface area contributed by atoms with Crippen LogP contribution in [0.3, 0.4) is 0 Å². The standard InChI is InChI=1S/C9H21N3/c1-11(6-3-5-10)8-9-4-7-12(9)2/h9H,3-8,10H2,1-2H3. The Morgan fingerprint density at radius 1 is 1.58 bits per heavy atom. The molecule has 0 amide bonds. The second-order valence-corrected chi connectivity index (χ2v) is 3.83. The van der Waals surface area contributed by atoms with E-state index in [1.807, 2.05) is 0 Å². The van der Waals surface area contributed by atoms with Crippen LogP contribution < -0.4 is 5.73 Å². The van der Waals surface area contributed by atoms with E-state index in [-0.39, 0.29) is 0 Å². The van der Waals surface area contributed by atoms with Gasteiger partial charge < -0.3 is 15.5 Å². The molecule has 1 heterocycles. The molecule has 3 heteroatoms. The van der Waals surface area contributed by atoms with Crippen molar-refractivity contribution in [2.75, 3.05) is 40.3 Å². The Bertz CT molecular complexity index is 127. The first kappa shape index (κ1) is 9.96. The van der Waals surface area contributed by atoms with E-state index in [4.69, 9.17) is 5.73 Å². The van der Waals surface area contributed by atoms with E-state index in [1.54, 1.807) is 0 Å². The Hall–Kier alpha value is -0.120. The summed E-state index contributed by atoms with van der Waals surface area (Å²) in [7, 11) is 4.38. The fourth-order valence-electron chi connectivity index (χ4n) is 1.61. The molecule has 3 nitrogen and oxygen atoms in total. The molecule has 1 fully saturated rings. The zero-order chi connectivity index (χ0) is 8.97. The van der Waals surface area contributed by atoms with Crippen LogP contribution >= 0.6 is 0 Å². The summed E-state index contributed by atoms with van der Waals surface area (Å²) in [5.74, 6) is 0. The van der Waals surface area contributed by atoms with Gasteiger partial charge in [-0.25, -0.2) is 0 Å². The predicted molar refractivity (Wildman–Crippen MR) is 52.2 cm³/mol. The van der Waals surface area contributed by atoms with Crippen molar-refractivity contribution < 1.29 is 0 Å². The Morgan fingerprint density at radius 2 is 2.33 bits per heavy atom. The number of nitrogens with two attached hydrogens (primary N) is 1. The minimum absolute atomic E-state index is 0.799. The average molecular weight is 171 g/mol. The van der Waals surface area contributed by atoms with Crippen molar-refractivity contribution in [2.45, 2.75) is 18.9 Å². The Kier molecular flexibility index (Phi) is 3.98. The highest BCUT2D eigenvalue weighted by molar-refractivity contribution is 4.81. The lowest BCUT2D eigenvalue weighted by Gasteiger charge is -2.40. The lowest BCUT2D eigenvalue weighted by molar-refractivity contribution is 0.0913. The Labute approximate surface area is 75.5 Å². The summed E-state index contributed by atoms with van der Waals surface area (Å²) in [6.07, 6.45) is 2.48. The number of nitrogens with zero attached hydrogens (tertiary/aromatic N) is 2. The number of hydrogen-bond acceptors (Lipinski definition) is 3. The van der Waals surface area contributed by atoms with Crippen LogP contribution in [0.4, 0.5) is 0 Å². The highest BCUT2D eigenvalue weighted by Crippen LogP contribution is 2.14. The van der Waals surface area contributed by atoms with Gasteiger partial charge in [-0.15, -0.1) is 0 Å². The molecular weight excluding hydrogens is 150 g/mol. The lowest BCUT2D eigenvalue weighted by Crippen LogP contribution is -2.50. The van der Waals surface area contributed by atoms with E-state index < -0.39 is 0 Å². The third kappa shape index (κ3) is 2.73. The molecule has 1 atom stereocenters. The zero-order valence-electron chi connectivity index (χ0n) is 8.29. The van der Waals surface area contributed by atoms with Gasteiger partial charge in [0, 0.05) is 12.6 Å². The summed E-state index contributed by atoms with van der Waals surface area (Å²) in [6, 6.07) is 0.799. The molecule has 1 saturated heterocycles. The fraction of sp³-hybridized carbons (Fsp3) is 1.00. The summed E-state index contributed by atoms with van der Waals surface area (Å²) in [5, 5.41) is 0. The third-order valence-electron chi connectivity index (χ3n) is 2.70. The Balaban J connectivity index is 2.04. The van der Waals surface area contributed by atoms with Crippen molar-refractivity contribution in [2.24, 2.45) is 5.73 Å². The molecule has 0 aromatic carbocycles. The molecule has 2 N–H and O–H groups in total. The van der Waals surface area contributed by atoms with Crippen molar-refractivity contribution in [3.63, 3.8) is 0 Å². The van der Waals surface area contributed by atoms with Crippen molar-refractivity contribution in [1.82, 2.24) is 9.80 Å². The number of likely N-dealkylation sites (tertiary alicyclic amines) is 1. The van der Waals surface area contributed by atoms with Crippen LogP contribution in [0.2, 0.25) is 0 Å². The molecular formula is C9H21N3. The van der Waals surface area contributed by atoms with Gasteiger partial charge >= 0.3 is 0 Å². The van der Waals surface area contributed by atoms with Gasteiger partial charge in [-0.2, -0.15) is 0 Å². The predicted octanol–water partition coefficient (Wildman–Crippen LogP) is -0.0289. The smallest absolute Gasteiger partial charge is 0.0232 e. The van der Waals surface area contributed by atoms with E-state index in [9.17, 15) is 0 Å². The van der Waals surface area contributed by atoms with Gasteiger partial charge in [-0.1, -0.05) is 0 Å². The maximum atomic E-state index is 5.44. The average Bonchev–Trinajstić information content (AvgIpc) is 2.08.